The van der Waals surface area contributed by atoms with Crippen LogP contribution in [0.2, 0.25) is 0 Å². The van der Waals surface area contributed by atoms with Crippen LogP contribution in [0.15, 0.2) is 59.5 Å². The fourth-order valence-corrected chi connectivity index (χ4v) is 2.34. The minimum Gasteiger partial charge on any atom is -0.467 e. The maximum Gasteiger partial charge on any atom is 0.319 e. The van der Waals surface area contributed by atoms with E-state index in [0.29, 0.717) is 17.0 Å². The Bertz CT molecular complexity index is 831. The summed E-state index contributed by atoms with van der Waals surface area (Å²) in [5.41, 5.74) is 0.937. The third-order valence-electron chi connectivity index (χ3n) is 3.57. The molecule has 130 valence electrons. The van der Waals surface area contributed by atoms with Crippen molar-refractivity contribution in [3.05, 3.63) is 72.2 Å². The first-order chi connectivity index (χ1) is 12.1. The minimum absolute atomic E-state index is 0.0693. The highest BCUT2D eigenvalue weighted by atomic mass is 19.3. The van der Waals surface area contributed by atoms with E-state index in [1.807, 2.05) is 0 Å². The van der Waals surface area contributed by atoms with Crippen molar-refractivity contribution in [3.8, 4) is 0 Å². The molecule has 0 aliphatic heterocycles. The van der Waals surface area contributed by atoms with Gasteiger partial charge in [0.1, 0.15) is 11.6 Å². The van der Waals surface area contributed by atoms with Crippen LogP contribution in [-0.4, -0.2) is 15.5 Å². The summed E-state index contributed by atoms with van der Waals surface area (Å²) in [6, 6.07) is 10.3. The molecule has 1 amide bonds. The molecule has 0 fully saturated rings. The lowest BCUT2D eigenvalue weighted by Gasteiger charge is -2.12. The summed E-state index contributed by atoms with van der Waals surface area (Å²) >= 11 is 0. The molecule has 0 saturated carbocycles. The van der Waals surface area contributed by atoms with E-state index >= 15 is 0 Å². The second-order valence-electron chi connectivity index (χ2n) is 5.19. The molecule has 2 N–H and O–H groups in total. The van der Waals surface area contributed by atoms with Crippen LogP contribution in [0, 0.1) is 0 Å². The molecule has 0 aliphatic rings. The predicted octanol–water partition coefficient (Wildman–Crippen LogP) is 3.41. The van der Waals surface area contributed by atoms with Crippen LogP contribution in [0.1, 0.15) is 28.5 Å². The van der Waals surface area contributed by atoms with E-state index in [2.05, 4.69) is 15.6 Å². The lowest BCUT2D eigenvalue weighted by Crippen LogP contribution is -2.23. The molecule has 0 spiro atoms. The predicted molar refractivity (Wildman–Crippen MR) is 87.1 cm³/mol. The largest absolute Gasteiger partial charge is 0.467 e. The number of halogens is 2. The number of hydrogen-bond donors (Lipinski definition) is 2. The number of furan rings is 1. The highest BCUT2D eigenvalue weighted by molar-refractivity contribution is 5.99. The first-order valence-electron chi connectivity index (χ1n) is 7.58. The van der Waals surface area contributed by atoms with Crippen LogP contribution in [0.3, 0.4) is 0 Å². The number of alkyl halides is 2. The van der Waals surface area contributed by atoms with Crippen molar-refractivity contribution < 1.29 is 18.0 Å². The molecule has 8 heteroatoms. The molecular formula is C17H16F2N4O2. The van der Waals surface area contributed by atoms with Gasteiger partial charge in [-0.2, -0.15) is 8.78 Å². The molecule has 0 radical (unpaired) electrons. The Morgan fingerprint density at radius 1 is 1.20 bits per heavy atom. The number of rotatable bonds is 7. The highest BCUT2D eigenvalue weighted by Crippen LogP contribution is 2.18. The molecule has 2 heterocycles. The van der Waals surface area contributed by atoms with Gasteiger partial charge in [-0.25, -0.2) is 4.98 Å². The van der Waals surface area contributed by atoms with E-state index in [1.54, 1.807) is 36.4 Å². The summed E-state index contributed by atoms with van der Waals surface area (Å²) in [6.07, 6.45) is 4.05. The zero-order valence-corrected chi connectivity index (χ0v) is 13.2. The number of hydrogen-bond acceptors (Lipinski definition) is 4. The Morgan fingerprint density at radius 2 is 2.04 bits per heavy atom. The standard InChI is InChI=1S/C17H16F2N4O2/c18-17(19)23-8-7-20-15(23)11-21-14-6-2-1-5-13(14)16(24)22-10-12-4-3-9-25-12/h1-9,17,21H,10-11H2,(H,22,24). The number of aromatic nitrogens is 2. The van der Waals surface area contributed by atoms with E-state index in [1.165, 1.54) is 18.7 Å². The number of imidazole rings is 1. The highest BCUT2D eigenvalue weighted by Gasteiger charge is 2.14. The van der Waals surface area contributed by atoms with E-state index in [4.69, 9.17) is 4.42 Å². The van der Waals surface area contributed by atoms with E-state index in [-0.39, 0.29) is 24.8 Å². The second-order valence-corrected chi connectivity index (χ2v) is 5.19. The fourth-order valence-electron chi connectivity index (χ4n) is 2.34. The van der Waals surface area contributed by atoms with Crippen molar-refractivity contribution in [2.24, 2.45) is 0 Å². The Hall–Kier alpha value is -3.16. The zero-order valence-electron chi connectivity index (χ0n) is 13.2. The van der Waals surface area contributed by atoms with Gasteiger partial charge in [0.05, 0.1) is 24.9 Å². The van der Waals surface area contributed by atoms with Gasteiger partial charge in [0.15, 0.2) is 0 Å². The molecule has 0 saturated heterocycles. The van der Waals surface area contributed by atoms with Crippen molar-refractivity contribution in [1.82, 2.24) is 14.9 Å². The van der Waals surface area contributed by atoms with Gasteiger partial charge in [-0.3, -0.25) is 9.36 Å². The van der Waals surface area contributed by atoms with Crippen LogP contribution < -0.4 is 10.6 Å². The van der Waals surface area contributed by atoms with E-state index in [0.717, 1.165) is 4.57 Å². The lowest BCUT2D eigenvalue weighted by atomic mass is 10.1. The monoisotopic (exact) mass is 346 g/mol. The van der Waals surface area contributed by atoms with Gasteiger partial charge in [-0.15, -0.1) is 0 Å². The Balaban J connectivity index is 1.68. The van der Waals surface area contributed by atoms with Crippen molar-refractivity contribution in [2.45, 2.75) is 19.6 Å². The number of anilines is 1. The van der Waals surface area contributed by atoms with Gasteiger partial charge in [0.2, 0.25) is 0 Å². The number of amides is 1. The third-order valence-corrected chi connectivity index (χ3v) is 3.57. The van der Waals surface area contributed by atoms with E-state index < -0.39 is 6.55 Å². The van der Waals surface area contributed by atoms with Gasteiger partial charge in [-0.1, -0.05) is 12.1 Å². The third kappa shape index (κ3) is 4.03. The number of nitrogens with one attached hydrogen (secondary N) is 2. The average molecular weight is 346 g/mol. The molecule has 6 nitrogen and oxygen atoms in total. The molecule has 3 aromatic rings. The van der Waals surface area contributed by atoms with Gasteiger partial charge < -0.3 is 15.1 Å². The molecule has 0 unspecified atom stereocenters. The van der Waals surface area contributed by atoms with Gasteiger partial charge >= 0.3 is 6.55 Å². The normalized spacial score (nSPS) is 10.8. The van der Waals surface area contributed by atoms with Crippen LogP contribution in [-0.2, 0) is 13.1 Å². The molecular weight excluding hydrogens is 330 g/mol. The quantitative estimate of drug-likeness (QED) is 0.688. The molecule has 25 heavy (non-hydrogen) atoms. The maximum atomic E-state index is 12.9. The summed E-state index contributed by atoms with van der Waals surface area (Å²) in [7, 11) is 0. The number of para-hydroxylation sites is 1. The summed E-state index contributed by atoms with van der Waals surface area (Å²) in [5.74, 6) is 0.523. The minimum atomic E-state index is -2.66. The van der Waals surface area contributed by atoms with Gasteiger partial charge in [0.25, 0.3) is 5.91 Å². The number of nitrogens with zero attached hydrogens (tertiary/aromatic N) is 2. The fraction of sp³-hybridized carbons (Fsp3) is 0.176. The smallest absolute Gasteiger partial charge is 0.319 e. The summed E-state index contributed by atoms with van der Waals surface area (Å²) in [4.78, 5) is 16.3. The number of benzene rings is 1. The summed E-state index contributed by atoms with van der Waals surface area (Å²) in [5, 5.41) is 5.74. The number of carbonyl (C=O) groups excluding carboxylic acids is 1. The summed E-state index contributed by atoms with van der Waals surface area (Å²) in [6.45, 7) is -2.33. The van der Waals surface area contributed by atoms with Gasteiger partial charge in [-0.05, 0) is 24.3 Å². The molecule has 1 aromatic carbocycles. The number of carbonyl (C=O) groups is 1. The summed E-state index contributed by atoms with van der Waals surface area (Å²) < 4.78 is 31.6. The first kappa shape index (κ1) is 16.7. The molecule has 3 rings (SSSR count). The van der Waals surface area contributed by atoms with Crippen LogP contribution in [0.5, 0.6) is 0 Å². The topological polar surface area (TPSA) is 72.1 Å². The Morgan fingerprint density at radius 3 is 2.80 bits per heavy atom. The van der Waals surface area contributed by atoms with Crippen LogP contribution in [0.25, 0.3) is 0 Å². The van der Waals surface area contributed by atoms with Crippen molar-refractivity contribution >= 4 is 11.6 Å². The maximum absolute atomic E-state index is 12.9. The SMILES string of the molecule is O=C(NCc1ccco1)c1ccccc1NCc1nccn1C(F)F. The van der Waals surface area contributed by atoms with Crippen molar-refractivity contribution in [3.63, 3.8) is 0 Å². The molecule has 0 atom stereocenters. The van der Waals surface area contributed by atoms with Crippen LogP contribution >= 0.6 is 0 Å². The van der Waals surface area contributed by atoms with Crippen molar-refractivity contribution in [2.75, 3.05) is 5.32 Å². The average Bonchev–Trinajstić information content (AvgIpc) is 3.29. The first-order valence-corrected chi connectivity index (χ1v) is 7.58. The van der Waals surface area contributed by atoms with Crippen molar-refractivity contribution in [1.29, 1.82) is 0 Å². The second kappa shape index (κ2) is 7.61. The molecule has 0 aliphatic carbocycles. The van der Waals surface area contributed by atoms with E-state index in [9.17, 15) is 13.6 Å². The lowest BCUT2D eigenvalue weighted by molar-refractivity contribution is 0.0672. The Labute approximate surface area is 142 Å². The Kier molecular flexibility index (Phi) is 5.08. The van der Waals surface area contributed by atoms with Gasteiger partial charge in [0, 0.05) is 18.1 Å². The molecule has 0 bridgehead atoms. The molecule has 2 aromatic heterocycles. The van der Waals surface area contributed by atoms with Crippen LogP contribution in [0.4, 0.5) is 14.5 Å². The zero-order chi connectivity index (χ0) is 17.6.